The second-order valence-corrected chi connectivity index (χ2v) is 8.91. The molecule has 2 aromatic carbocycles. The van der Waals surface area contributed by atoms with Crippen molar-refractivity contribution in [1.82, 2.24) is 29.1 Å². The molecule has 3 heterocycles. The largest absolute Gasteiger partial charge is 0.350 e. The lowest BCUT2D eigenvalue weighted by molar-refractivity contribution is -0.122. The van der Waals surface area contributed by atoms with Crippen molar-refractivity contribution in [2.24, 2.45) is 0 Å². The molecule has 0 unspecified atom stereocenters. The summed E-state index contributed by atoms with van der Waals surface area (Å²) in [5, 5.41) is 12.5. The van der Waals surface area contributed by atoms with Gasteiger partial charge in [-0.3, -0.25) is 4.79 Å². The third-order valence-corrected chi connectivity index (χ3v) is 6.01. The highest BCUT2D eigenvalue weighted by Gasteiger charge is 2.15. The Morgan fingerprint density at radius 2 is 1.76 bits per heavy atom. The lowest BCUT2D eigenvalue weighted by Crippen LogP contribution is -2.32. The van der Waals surface area contributed by atoms with E-state index in [1.807, 2.05) is 30.3 Å². The summed E-state index contributed by atoms with van der Waals surface area (Å²) < 4.78 is 4.28. The molecule has 5 rings (SSSR count). The highest BCUT2D eigenvalue weighted by molar-refractivity contribution is 6.30. The summed E-state index contributed by atoms with van der Waals surface area (Å²) in [5.41, 5.74) is 4.67. The third kappa shape index (κ3) is 4.20. The van der Waals surface area contributed by atoms with Gasteiger partial charge in [0.05, 0.1) is 5.69 Å². The number of benzene rings is 2. The monoisotopic (exact) mass is 474 g/mol. The van der Waals surface area contributed by atoms with Crippen molar-refractivity contribution < 1.29 is 4.79 Å². The number of hydrogen-bond donors (Lipinski definition) is 1. The summed E-state index contributed by atoms with van der Waals surface area (Å²) in [5.74, 6) is 0.143. The quantitative estimate of drug-likeness (QED) is 0.404. The van der Waals surface area contributed by atoms with Crippen LogP contribution < -0.4 is 11.0 Å². The molecule has 0 aliphatic rings. The Bertz CT molecular complexity index is 1550. The van der Waals surface area contributed by atoms with Crippen LogP contribution in [0.5, 0.6) is 0 Å². The molecule has 34 heavy (non-hydrogen) atoms. The molecule has 5 aromatic rings. The van der Waals surface area contributed by atoms with Gasteiger partial charge in [0.25, 0.3) is 0 Å². The summed E-state index contributed by atoms with van der Waals surface area (Å²) in [6, 6.07) is 17.4. The first kappa shape index (κ1) is 21.9. The maximum atomic E-state index is 12.8. The van der Waals surface area contributed by atoms with Crippen molar-refractivity contribution in [1.29, 1.82) is 0 Å². The lowest BCUT2D eigenvalue weighted by Gasteiger charge is -2.05. The molecule has 3 aromatic heterocycles. The minimum Gasteiger partial charge on any atom is -0.350 e. The minimum absolute atomic E-state index is 0.183. The zero-order valence-corrected chi connectivity index (χ0v) is 19.5. The summed E-state index contributed by atoms with van der Waals surface area (Å²) >= 11 is 5.89. The number of rotatable bonds is 6. The smallest absolute Gasteiger partial charge is 0.350 e. The van der Waals surface area contributed by atoms with Gasteiger partial charge in [0, 0.05) is 29.5 Å². The first-order valence-electron chi connectivity index (χ1n) is 11.0. The number of carbonyl (C=O) groups is 1. The zero-order chi connectivity index (χ0) is 23.8. The van der Waals surface area contributed by atoms with Gasteiger partial charge in [-0.05, 0) is 35.2 Å². The van der Waals surface area contributed by atoms with Gasteiger partial charge in [-0.25, -0.2) is 18.4 Å². The van der Waals surface area contributed by atoms with E-state index in [9.17, 15) is 9.59 Å². The number of amides is 1. The summed E-state index contributed by atoms with van der Waals surface area (Å²) in [4.78, 5) is 25.3. The molecule has 1 N–H and O–H groups in total. The van der Waals surface area contributed by atoms with Crippen molar-refractivity contribution in [3.05, 3.63) is 93.6 Å². The van der Waals surface area contributed by atoms with E-state index in [-0.39, 0.29) is 18.1 Å². The van der Waals surface area contributed by atoms with Crippen LogP contribution >= 0.6 is 11.6 Å². The average molecular weight is 475 g/mol. The normalized spacial score (nSPS) is 11.5. The maximum Gasteiger partial charge on any atom is 0.350 e. The van der Waals surface area contributed by atoms with Crippen LogP contribution in [0.15, 0.2) is 71.8 Å². The lowest BCUT2D eigenvalue weighted by atomic mass is 10.0. The predicted molar refractivity (Wildman–Crippen MR) is 131 cm³/mol. The van der Waals surface area contributed by atoms with E-state index in [2.05, 4.69) is 41.5 Å². The Balaban J connectivity index is 1.40. The fourth-order valence-electron chi connectivity index (χ4n) is 3.81. The van der Waals surface area contributed by atoms with Crippen LogP contribution in [-0.4, -0.2) is 29.7 Å². The Morgan fingerprint density at radius 3 is 2.47 bits per heavy atom. The van der Waals surface area contributed by atoms with Gasteiger partial charge in [0.15, 0.2) is 5.65 Å². The zero-order valence-electron chi connectivity index (χ0n) is 18.8. The molecule has 8 nitrogen and oxygen atoms in total. The standard InChI is InChI=1S/C25H23ClN6O2/c1-16(2)18-5-7-19(8-6-18)21-13-22-24-29-32(25(34)30(24)11-12-31(22)28-21)15-23(33)27-14-17-3-9-20(26)10-4-17/h3-13,16H,14-15H2,1-2H3,(H,27,33). The Hall–Kier alpha value is -3.91. The number of halogens is 1. The predicted octanol–water partition coefficient (Wildman–Crippen LogP) is 3.90. The fourth-order valence-corrected chi connectivity index (χ4v) is 3.94. The summed E-state index contributed by atoms with van der Waals surface area (Å²) in [6.45, 7) is 4.47. The van der Waals surface area contributed by atoms with E-state index in [4.69, 9.17) is 11.6 Å². The topological polar surface area (TPSA) is 85.7 Å². The average Bonchev–Trinajstić information content (AvgIpc) is 3.40. The number of fused-ring (bicyclic) bond motifs is 3. The van der Waals surface area contributed by atoms with Crippen molar-refractivity contribution in [3.8, 4) is 11.3 Å². The minimum atomic E-state index is -0.386. The van der Waals surface area contributed by atoms with Gasteiger partial charge in [-0.1, -0.05) is 61.8 Å². The maximum absolute atomic E-state index is 12.8. The number of hydrogen-bond acceptors (Lipinski definition) is 4. The molecule has 9 heteroatoms. The molecular weight excluding hydrogens is 452 g/mol. The SMILES string of the molecule is CC(C)c1ccc(-c2cc3c4nn(CC(=O)NCc5ccc(Cl)cc5)c(=O)n4ccn3n2)cc1. The molecule has 0 radical (unpaired) electrons. The highest BCUT2D eigenvalue weighted by atomic mass is 35.5. The molecule has 1 amide bonds. The van der Waals surface area contributed by atoms with E-state index in [1.54, 1.807) is 29.0 Å². The summed E-state index contributed by atoms with van der Waals surface area (Å²) in [6.07, 6.45) is 3.32. The molecule has 0 saturated heterocycles. The van der Waals surface area contributed by atoms with E-state index >= 15 is 0 Å². The molecule has 0 fully saturated rings. The van der Waals surface area contributed by atoms with Crippen LogP contribution in [0, 0.1) is 0 Å². The number of nitrogens with zero attached hydrogens (tertiary/aromatic N) is 5. The van der Waals surface area contributed by atoms with Gasteiger partial charge >= 0.3 is 5.69 Å². The molecule has 0 aliphatic carbocycles. The van der Waals surface area contributed by atoms with Crippen molar-refractivity contribution in [2.45, 2.75) is 32.9 Å². The molecule has 0 spiro atoms. The Labute approximate surface area is 200 Å². The number of carbonyl (C=O) groups excluding carboxylic acids is 1. The third-order valence-electron chi connectivity index (χ3n) is 5.76. The van der Waals surface area contributed by atoms with Crippen LogP contribution in [-0.2, 0) is 17.9 Å². The first-order valence-corrected chi connectivity index (χ1v) is 11.4. The van der Waals surface area contributed by atoms with E-state index in [0.29, 0.717) is 28.6 Å². The van der Waals surface area contributed by atoms with Crippen molar-refractivity contribution in [2.75, 3.05) is 0 Å². The van der Waals surface area contributed by atoms with E-state index in [0.717, 1.165) is 21.5 Å². The highest BCUT2D eigenvalue weighted by Crippen LogP contribution is 2.24. The number of nitrogens with one attached hydrogen (secondary N) is 1. The Kier molecular flexibility index (Phi) is 5.67. The van der Waals surface area contributed by atoms with E-state index < -0.39 is 0 Å². The fraction of sp³-hybridized carbons (Fsp3) is 0.200. The van der Waals surface area contributed by atoms with Gasteiger partial charge < -0.3 is 5.32 Å². The van der Waals surface area contributed by atoms with E-state index in [1.165, 1.54) is 9.96 Å². The van der Waals surface area contributed by atoms with Crippen LogP contribution in [0.2, 0.25) is 5.02 Å². The van der Waals surface area contributed by atoms with Crippen molar-refractivity contribution >= 4 is 28.7 Å². The van der Waals surface area contributed by atoms with Crippen LogP contribution in [0.1, 0.15) is 30.9 Å². The summed E-state index contributed by atoms with van der Waals surface area (Å²) in [7, 11) is 0. The molecular formula is C25H23ClN6O2. The molecule has 0 bridgehead atoms. The molecule has 0 saturated carbocycles. The van der Waals surface area contributed by atoms with Crippen LogP contribution in [0.3, 0.4) is 0 Å². The van der Waals surface area contributed by atoms with Gasteiger partial charge in [-0.15, -0.1) is 5.10 Å². The van der Waals surface area contributed by atoms with Crippen molar-refractivity contribution in [3.63, 3.8) is 0 Å². The van der Waals surface area contributed by atoms with Gasteiger partial charge in [-0.2, -0.15) is 5.10 Å². The second kappa shape index (κ2) is 8.79. The number of aromatic nitrogens is 5. The molecule has 0 aliphatic heterocycles. The van der Waals surface area contributed by atoms with Gasteiger partial charge in [0.2, 0.25) is 5.91 Å². The van der Waals surface area contributed by atoms with Gasteiger partial charge in [0.1, 0.15) is 12.1 Å². The van der Waals surface area contributed by atoms with Crippen LogP contribution in [0.4, 0.5) is 0 Å². The molecule has 172 valence electrons. The molecule has 0 atom stereocenters. The van der Waals surface area contributed by atoms with Crippen LogP contribution in [0.25, 0.3) is 22.4 Å². The first-order chi connectivity index (χ1) is 16.4. The Morgan fingerprint density at radius 1 is 1.03 bits per heavy atom. The second-order valence-electron chi connectivity index (χ2n) is 8.47.